The predicted octanol–water partition coefficient (Wildman–Crippen LogP) is 3.29. The third-order valence-corrected chi connectivity index (χ3v) is 4.77. The van der Waals surface area contributed by atoms with Gasteiger partial charge in [-0.15, -0.1) is 0 Å². The van der Waals surface area contributed by atoms with E-state index in [4.69, 9.17) is 0 Å². The largest absolute Gasteiger partial charge is 0.306 e. The van der Waals surface area contributed by atoms with Crippen molar-refractivity contribution in [2.75, 3.05) is 0 Å². The lowest BCUT2D eigenvalue weighted by Gasteiger charge is -2.11. The smallest absolute Gasteiger partial charge is 0.269 e. The Morgan fingerprint density at radius 2 is 1.86 bits per heavy atom. The number of nitrogens with zero attached hydrogens (tertiary/aromatic N) is 5. The molecule has 28 heavy (non-hydrogen) atoms. The molecule has 5 aromatic rings. The third-order valence-electron chi connectivity index (χ3n) is 4.77. The van der Waals surface area contributed by atoms with E-state index in [1.165, 1.54) is 16.8 Å². The standard InChI is InChI=1S/C21H14FN5O/c22-18-7-14(15-3-4-17-8-24-13-26(17)11-15)1-2-16(18)12-27-20-5-6-23-9-19(20)25-10-21(27)28/h1-11,13H,12H2. The number of imidazole rings is 1. The van der Waals surface area contributed by atoms with Crippen molar-refractivity contribution in [3.8, 4) is 11.1 Å². The number of benzene rings is 1. The Morgan fingerprint density at radius 3 is 2.75 bits per heavy atom. The van der Waals surface area contributed by atoms with Gasteiger partial charge in [0.1, 0.15) is 11.3 Å². The molecule has 0 fully saturated rings. The molecular formula is C21H14FN5O. The summed E-state index contributed by atoms with van der Waals surface area (Å²) in [5, 5.41) is 0. The zero-order valence-corrected chi connectivity index (χ0v) is 14.7. The SMILES string of the molecule is O=c1cnc2cnccc2n1Cc1ccc(-c2ccc3cncn3c2)cc1F. The van der Waals surface area contributed by atoms with Gasteiger partial charge in [0.25, 0.3) is 5.56 Å². The first-order valence-corrected chi connectivity index (χ1v) is 8.69. The first kappa shape index (κ1) is 16.3. The maximum atomic E-state index is 14.8. The molecule has 5 rings (SSSR count). The van der Waals surface area contributed by atoms with Crippen LogP contribution in [-0.4, -0.2) is 23.9 Å². The molecule has 4 heterocycles. The molecule has 0 N–H and O–H groups in total. The first-order chi connectivity index (χ1) is 13.7. The van der Waals surface area contributed by atoms with E-state index in [2.05, 4.69) is 15.0 Å². The highest BCUT2D eigenvalue weighted by atomic mass is 19.1. The summed E-state index contributed by atoms with van der Waals surface area (Å²) in [6.07, 6.45) is 9.78. The van der Waals surface area contributed by atoms with Crippen molar-refractivity contribution in [2.24, 2.45) is 0 Å². The zero-order chi connectivity index (χ0) is 19.1. The molecule has 0 atom stereocenters. The van der Waals surface area contributed by atoms with Gasteiger partial charge >= 0.3 is 0 Å². The summed E-state index contributed by atoms with van der Waals surface area (Å²) < 4.78 is 18.2. The molecular weight excluding hydrogens is 357 g/mol. The number of hydrogen-bond donors (Lipinski definition) is 0. The van der Waals surface area contributed by atoms with E-state index in [-0.39, 0.29) is 17.9 Å². The van der Waals surface area contributed by atoms with Crippen LogP contribution in [0.15, 0.2) is 78.5 Å². The van der Waals surface area contributed by atoms with Gasteiger partial charge in [-0.1, -0.05) is 18.2 Å². The van der Waals surface area contributed by atoms with E-state index in [1.807, 2.05) is 28.8 Å². The fraction of sp³-hybridized carbons (Fsp3) is 0.0476. The van der Waals surface area contributed by atoms with Crippen LogP contribution in [0.3, 0.4) is 0 Å². The second kappa shape index (κ2) is 6.38. The average Bonchev–Trinajstić information content (AvgIpc) is 3.19. The van der Waals surface area contributed by atoms with Crippen molar-refractivity contribution in [3.63, 3.8) is 0 Å². The minimum Gasteiger partial charge on any atom is -0.306 e. The molecule has 0 aliphatic heterocycles. The maximum Gasteiger partial charge on any atom is 0.269 e. The number of hydrogen-bond acceptors (Lipinski definition) is 4. The summed E-state index contributed by atoms with van der Waals surface area (Å²) in [5.41, 5.74) is 3.97. The van der Waals surface area contributed by atoms with E-state index < -0.39 is 0 Å². The minimum absolute atomic E-state index is 0.120. The van der Waals surface area contributed by atoms with E-state index in [9.17, 15) is 9.18 Å². The molecule has 0 aliphatic carbocycles. The summed E-state index contributed by atoms with van der Waals surface area (Å²) in [6, 6.07) is 10.6. The topological polar surface area (TPSA) is 65.1 Å². The van der Waals surface area contributed by atoms with E-state index in [0.717, 1.165) is 16.6 Å². The summed E-state index contributed by atoms with van der Waals surface area (Å²) in [7, 11) is 0. The van der Waals surface area contributed by atoms with Crippen LogP contribution in [0.1, 0.15) is 5.56 Å². The number of rotatable bonds is 3. The lowest BCUT2D eigenvalue weighted by atomic mass is 10.0. The highest BCUT2D eigenvalue weighted by Gasteiger charge is 2.10. The van der Waals surface area contributed by atoms with Gasteiger partial charge in [-0.3, -0.25) is 9.78 Å². The Hall–Kier alpha value is -3.87. The number of halogens is 1. The van der Waals surface area contributed by atoms with Gasteiger partial charge in [0, 0.05) is 18.0 Å². The predicted molar refractivity (Wildman–Crippen MR) is 103 cm³/mol. The number of aromatic nitrogens is 5. The second-order valence-corrected chi connectivity index (χ2v) is 6.50. The van der Waals surface area contributed by atoms with Crippen LogP contribution in [0.2, 0.25) is 0 Å². The summed E-state index contributed by atoms with van der Waals surface area (Å²) in [6.45, 7) is 0.120. The second-order valence-electron chi connectivity index (χ2n) is 6.50. The van der Waals surface area contributed by atoms with Gasteiger partial charge in [0.2, 0.25) is 0 Å². The van der Waals surface area contributed by atoms with Crippen LogP contribution in [0.25, 0.3) is 27.7 Å². The molecule has 1 aromatic carbocycles. The van der Waals surface area contributed by atoms with Crippen molar-refractivity contribution < 1.29 is 4.39 Å². The fourth-order valence-corrected chi connectivity index (χ4v) is 3.30. The van der Waals surface area contributed by atoms with Crippen molar-refractivity contribution >= 4 is 16.6 Å². The molecule has 0 radical (unpaired) electrons. The van der Waals surface area contributed by atoms with Gasteiger partial charge in [-0.25, -0.2) is 14.4 Å². The van der Waals surface area contributed by atoms with Crippen molar-refractivity contribution in [3.05, 3.63) is 95.4 Å². The molecule has 0 saturated heterocycles. The monoisotopic (exact) mass is 371 g/mol. The van der Waals surface area contributed by atoms with Gasteiger partial charge < -0.3 is 8.97 Å². The molecule has 0 spiro atoms. The molecule has 136 valence electrons. The van der Waals surface area contributed by atoms with Crippen molar-refractivity contribution in [2.45, 2.75) is 6.54 Å². The van der Waals surface area contributed by atoms with Crippen molar-refractivity contribution in [1.82, 2.24) is 23.9 Å². The molecule has 6 nitrogen and oxygen atoms in total. The van der Waals surface area contributed by atoms with Crippen molar-refractivity contribution in [1.29, 1.82) is 0 Å². The van der Waals surface area contributed by atoms with Crippen LogP contribution in [0.4, 0.5) is 4.39 Å². The lowest BCUT2D eigenvalue weighted by Crippen LogP contribution is -2.21. The molecule has 7 heteroatoms. The van der Waals surface area contributed by atoms with Crippen LogP contribution >= 0.6 is 0 Å². The van der Waals surface area contributed by atoms with E-state index in [1.54, 1.807) is 37.1 Å². The van der Waals surface area contributed by atoms with Gasteiger partial charge in [-0.05, 0) is 29.3 Å². The molecule has 4 aromatic heterocycles. The third kappa shape index (κ3) is 2.73. The molecule has 0 bridgehead atoms. The molecule has 0 aliphatic rings. The molecule has 0 amide bonds. The molecule has 0 unspecified atom stereocenters. The first-order valence-electron chi connectivity index (χ1n) is 8.69. The average molecular weight is 371 g/mol. The quantitative estimate of drug-likeness (QED) is 0.488. The Bertz CT molecular complexity index is 1390. The van der Waals surface area contributed by atoms with Crippen LogP contribution in [-0.2, 0) is 6.54 Å². The normalized spacial score (nSPS) is 11.3. The summed E-state index contributed by atoms with van der Waals surface area (Å²) >= 11 is 0. The maximum absolute atomic E-state index is 14.8. The highest BCUT2D eigenvalue weighted by Crippen LogP contribution is 2.23. The van der Waals surface area contributed by atoms with Gasteiger partial charge in [-0.2, -0.15) is 0 Å². The van der Waals surface area contributed by atoms with Crippen LogP contribution in [0, 0.1) is 5.82 Å². The Labute approximate surface area is 158 Å². The minimum atomic E-state index is -0.367. The van der Waals surface area contributed by atoms with Gasteiger partial charge in [0.15, 0.2) is 0 Å². The fourth-order valence-electron chi connectivity index (χ4n) is 3.30. The Balaban J connectivity index is 1.54. The van der Waals surface area contributed by atoms with E-state index in [0.29, 0.717) is 16.6 Å². The zero-order valence-electron chi connectivity index (χ0n) is 14.7. The highest BCUT2D eigenvalue weighted by molar-refractivity contribution is 5.73. The number of fused-ring (bicyclic) bond motifs is 2. The summed E-state index contributed by atoms with van der Waals surface area (Å²) in [5.74, 6) is -0.367. The lowest BCUT2D eigenvalue weighted by molar-refractivity contribution is 0.599. The number of pyridine rings is 2. The van der Waals surface area contributed by atoms with Crippen LogP contribution in [0.5, 0.6) is 0 Å². The Kier molecular flexibility index (Phi) is 3.72. The summed E-state index contributed by atoms with van der Waals surface area (Å²) in [4.78, 5) is 24.5. The Morgan fingerprint density at radius 1 is 0.964 bits per heavy atom. The van der Waals surface area contributed by atoms with Gasteiger partial charge in [0.05, 0.1) is 42.5 Å². The van der Waals surface area contributed by atoms with Crippen LogP contribution < -0.4 is 5.56 Å². The molecule has 0 saturated carbocycles. The van der Waals surface area contributed by atoms with E-state index >= 15 is 0 Å².